The minimum Gasteiger partial charge on any atom is -0.497 e. The van der Waals surface area contributed by atoms with Crippen LogP contribution in [0.5, 0.6) is 5.75 Å². The standard InChI is InChI=1S/C17H17N3O2/c1-11-14(10-17(21)20-12-5-7-18-8-6-12)15-9-13(22-2)3-4-16(15)19-11/h3-9,19H,10H2,1-2H3,(H,18,20,21). The maximum Gasteiger partial charge on any atom is 0.228 e. The first-order chi connectivity index (χ1) is 10.7. The van der Waals surface area contributed by atoms with Gasteiger partial charge < -0.3 is 15.0 Å². The first-order valence-electron chi connectivity index (χ1n) is 7.02. The lowest BCUT2D eigenvalue weighted by Gasteiger charge is -2.06. The van der Waals surface area contributed by atoms with E-state index in [4.69, 9.17) is 4.74 Å². The Balaban J connectivity index is 1.86. The van der Waals surface area contributed by atoms with Crippen LogP contribution in [0, 0.1) is 6.92 Å². The SMILES string of the molecule is COc1ccc2[nH]c(C)c(CC(=O)Nc3ccncc3)c2c1. The van der Waals surface area contributed by atoms with Crippen LogP contribution in [0.3, 0.4) is 0 Å². The van der Waals surface area contributed by atoms with Crippen molar-refractivity contribution in [2.45, 2.75) is 13.3 Å². The van der Waals surface area contributed by atoms with Crippen molar-refractivity contribution in [3.05, 3.63) is 54.0 Å². The van der Waals surface area contributed by atoms with Crippen LogP contribution in [0.15, 0.2) is 42.7 Å². The van der Waals surface area contributed by atoms with Gasteiger partial charge in [-0.25, -0.2) is 0 Å². The second-order valence-electron chi connectivity index (χ2n) is 5.10. The molecule has 2 aromatic heterocycles. The molecule has 0 aliphatic heterocycles. The molecule has 0 unspecified atom stereocenters. The maximum absolute atomic E-state index is 12.3. The Labute approximate surface area is 128 Å². The van der Waals surface area contributed by atoms with E-state index in [-0.39, 0.29) is 5.91 Å². The van der Waals surface area contributed by atoms with Crippen LogP contribution < -0.4 is 10.1 Å². The minimum atomic E-state index is -0.0574. The van der Waals surface area contributed by atoms with Crippen LogP contribution in [0.25, 0.3) is 10.9 Å². The van der Waals surface area contributed by atoms with Crippen molar-refractivity contribution < 1.29 is 9.53 Å². The van der Waals surface area contributed by atoms with Crippen LogP contribution in [0.4, 0.5) is 5.69 Å². The fraction of sp³-hybridized carbons (Fsp3) is 0.176. The van der Waals surface area contributed by atoms with Gasteiger partial charge in [0.25, 0.3) is 0 Å². The topological polar surface area (TPSA) is 67.0 Å². The Morgan fingerprint density at radius 1 is 1.27 bits per heavy atom. The van der Waals surface area contributed by atoms with E-state index in [1.54, 1.807) is 31.6 Å². The van der Waals surface area contributed by atoms with Gasteiger partial charge in [-0.05, 0) is 42.8 Å². The molecular formula is C17H17N3O2. The molecule has 1 aromatic carbocycles. The summed E-state index contributed by atoms with van der Waals surface area (Å²) >= 11 is 0. The van der Waals surface area contributed by atoms with Gasteiger partial charge in [0.1, 0.15) is 5.75 Å². The summed E-state index contributed by atoms with van der Waals surface area (Å²) in [5.74, 6) is 0.723. The van der Waals surface area contributed by atoms with E-state index in [9.17, 15) is 4.79 Å². The van der Waals surface area contributed by atoms with Crippen LogP contribution >= 0.6 is 0 Å². The van der Waals surface area contributed by atoms with E-state index in [2.05, 4.69) is 15.3 Å². The first kappa shape index (κ1) is 14.1. The molecule has 3 rings (SSSR count). The minimum absolute atomic E-state index is 0.0574. The van der Waals surface area contributed by atoms with Gasteiger partial charge in [0.15, 0.2) is 0 Å². The lowest BCUT2D eigenvalue weighted by atomic mass is 10.1. The van der Waals surface area contributed by atoms with Gasteiger partial charge in [-0.1, -0.05) is 0 Å². The number of nitrogens with one attached hydrogen (secondary N) is 2. The molecule has 0 spiro atoms. The molecule has 2 heterocycles. The molecule has 5 heteroatoms. The largest absolute Gasteiger partial charge is 0.497 e. The highest BCUT2D eigenvalue weighted by molar-refractivity contribution is 5.96. The quantitative estimate of drug-likeness (QED) is 0.777. The number of hydrogen-bond donors (Lipinski definition) is 2. The van der Waals surface area contributed by atoms with Crippen LogP contribution in [0.1, 0.15) is 11.3 Å². The Hall–Kier alpha value is -2.82. The zero-order valence-electron chi connectivity index (χ0n) is 12.5. The Kier molecular flexibility index (Phi) is 3.78. The fourth-order valence-corrected chi connectivity index (χ4v) is 2.52. The number of aryl methyl sites for hydroxylation is 1. The summed E-state index contributed by atoms with van der Waals surface area (Å²) in [4.78, 5) is 19.5. The summed E-state index contributed by atoms with van der Waals surface area (Å²) in [5.41, 5.74) is 3.73. The summed E-state index contributed by atoms with van der Waals surface area (Å²) in [7, 11) is 1.64. The molecule has 3 aromatic rings. The number of aromatic amines is 1. The zero-order valence-corrected chi connectivity index (χ0v) is 12.5. The molecule has 1 amide bonds. The Morgan fingerprint density at radius 3 is 2.77 bits per heavy atom. The van der Waals surface area contributed by atoms with Gasteiger partial charge in [-0.2, -0.15) is 0 Å². The summed E-state index contributed by atoms with van der Waals surface area (Å²) in [6, 6.07) is 9.35. The zero-order chi connectivity index (χ0) is 15.5. The fourth-order valence-electron chi connectivity index (χ4n) is 2.52. The number of ether oxygens (including phenoxy) is 1. The molecule has 0 saturated carbocycles. The molecule has 0 saturated heterocycles. The van der Waals surface area contributed by atoms with Crippen molar-refractivity contribution in [3.63, 3.8) is 0 Å². The molecule has 0 fully saturated rings. The van der Waals surface area contributed by atoms with Crippen molar-refractivity contribution in [2.75, 3.05) is 12.4 Å². The van der Waals surface area contributed by atoms with E-state index in [0.717, 1.165) is 33.6 Å². The molecule has 0 radical (unpaired) electrons. The number of hydrogen-bond acceptors (Lipinski definition) is 3. The third-order valence-corrected chi connectivity index (χ3v) is 3.63. The highest BCUT2D eigenvalue weighted by atomic mass is 16.5. The second-order valence-corrected chi connectivity index (χ2v) is 5.10. The monoisotopic (exact) mass is 295 g/mol. The van der Waals surface area contributed by atoms with E-state index in [1.165, 1.54) is 0 Å². The van der Waals surface area contributed by atoms with Crippen LogP contribution in [-0.2, 0) is 11.2 Å². The van der Waals surface area contributed by atoms with E-state index in [0.29, 0.717) is 6.42 Å². The number of anilines is 1. The van der Waals surface area contributed by atoms with Gasteiger partial charge in [-0.3, -0.25) is 9.78 Å². The summed E-state index contributed by atoms with van der Waals surface area (Å²) in [5, 5.41) is 3.89. The second kappa shape index (κ2) is 5.89. The molecular weight excluding hydrogens is 278 g/mol. The Morgan fingerprint density at radius 2 is 2.05 bits per heavy atom. The molecule has 0 bridgehead atoms. The molecule has 2 N–H and O–H groups in total. The number of rotatable bonds is 4. The van der Waals surface area contributed by atoms with E-state index < -0.39 is 0 Å². The highest BCUT2D eigenvalue weighted by Gasteiger charge is 2.13. The molecule has 0 aliphatic rings. The molecule has 112 valence electrons. The van der Waals surface area contributed by atoms with E-state index in [1.807, 2.05) is 25.1 Å². The average Bonchev–Trinajstić information content (AvgIpc) is 2.83. The third kappa shape index (κ3) is 2.79. The summed E-state index contributed by atoms with van der Waals surface area (Å²) in [6.07, 6.45) is 3.61. The number of H-pyrrole nitrogens is 1. The summed E-state index contributed by atoms with van der Waals surface area (Å²) in [6.45, 7) is 1.97. The normalized spacial score (nSPS) is 10.6. The maximum atomic E-state index is 12.3. The number of fused-ring (bicyclic) bond motifs is 1. The van der Waals surface area contributed by atoms with Crippen molar-refractivity contribution >= 4 is 22.5 Å². The number of carbonyl (C=O) groups excluding carboxylic acids is 1. The van der Waals surface area contributed by atoms with Gasteiger partial charge in [0.05, 0.1) is 13.5 Å². The number of benzene rings is 1. The van der Waals surface area contributed by atoms with Crippen molar-refractivity contribution in [3.8, 4) is 5.75 Å². The van der Waals surface area contributed by atoms with Crippen molar-refractivity contribution in [1.29, 1.82) is 0 Å². The van der Waals surface area contributed by atoms with Gasteiger partial charge >= 0.3 is 0 Å². The molecule has 22 heavy (non-hydrogen) atoms. The molecule has 0 atom stereocenters. The summed E-state index contributed by atoms with van der Waals surface area (Å²) < 4.78 is 5.27. The third-order valence-electron chi connectivity index (χ3n) is 3.63. The lowest BCUT2D eigenvalue weighted by molar-refractivity contribution is -0.115. The number of pyridine rings is 1. The van der Waals surface area contributed by atoms with Gasteiger partial charge in [0, 0.05) is 34.7 Å². The van der Waals surface area contributed by atoms with Crippen LogP contribution in [0.2, 0.25) is 0 Å². The molecule has 5 nitrogen and oxygen atoms in total. The number of carbonyl (C=O) groups is 1. The van der Waals surface area contributed by atoms with Gasteiger partial charge in [-0.15, -0.1) is 0 Å². The first-order valence-corrected chi connectivity index (χ1v) is 7.02. The van der Waals surface area contributed by atoms with Crippen molar-refractivity contribution in [2.24, 2.45) is 0 Å². The smallest absolute Gasteiger partial charge is 0.228 e. The average molecular weight is 295 g/mol. The number of methoxy groups -OCH3 is 1. The number of amides is 1. The predicted molar refractivity (Wildman–Crippen MR) is 86.2 cm³/mol. The molecule has 0 aliphatic carbocycles. The van der Waals surface area contributed by atoms with E-state index >= 15 is 0 Å². The van der Waals surface area contributed by atoms with Gasteiger partial charge in [0.2, 0.25) is 5.91 Å². The lowest BCUT2D eigenvalue weighted by Crippen LogP contribution is -2.14. The number of aromatic nitrogens is 2. The van der Waals surface area contributed by atoms with Crippen LogP contribution in [-0.4, -0.2) is 23.0 Å². The predicted octanol–water partition coefficient (Wildman–Crippen LogP) is 3.06. The van der Waals surface area contributed by atoms with Crippen molar-refractivity contribution in [1.82, 2.24) is 9.97 Å². The highest BCUT2D eigenvalue weighted by Crippen LogP contribution is 2.27. The number of nitrogens with zero attached hydrogens (tertiary/aromatic N) is 1. The Bertz CT molecular complexity index is 809.